The van der Waals surface area contributed by atoms with E-state index < -0.39 is 6.29 Å². The number of carbonyl (C=O) groups excluding carboxylic acids is 2. The fourth-order valence-electron chi connectivity index (χ4n) is 2.65. The third-order valence-electron chi connectivity index (χ3n) is 3.46. The molecule has 0 atom stereocenters. The lowest BCUT2D eigenvalue weighted by molar-refractivity contribution is -0.112. The van der Waals surface area contributed by atoms with E-state index in [-0.39, 0.29) is 0 Å². The Hall–Kier alpha value is -2.89. The molecule has 0 bridgehead atoms. The minimum atomic E-state index is -0.678. The predicted molar refractivity (Wildman–Crippen MR) is 81.4 cm³/mol. The van der Waals surface area contributed by atoms with E-state index in [2.05, 4.69) is 15.6 Å². The number of hydrogen-bond donors (Lipinski definition) is 2. The van der Waals surface area contributed by atoms with Gasteiger partial charge in [0, 0.05) is 5.39 Å². The molecule has 1 aliphatic heterocycles. The van der Waals surface area contributed by atoms with Crippen LogP contribution in [-0.2, 0) is 9.59 Å². The molecule has 2 N–H and O–H groups in total. The smallest absolute Gasteiger partial charge is 0.210 e. The van der Waals surface area contributed by atoms with Crippen molar-refractivity contribution in [2.45, 2.75) is 13.2 Å². The largest absolute Gasteiger partial charge is 0.321 e. The molecular formula is C15H14N4O2. The molecule has 3 rings (SSSR count). The highest BCUT2D eigenvalue weighted by Crippen LogP contribution is 2.38. The first-order valence-corrected chi connectivity index (χ1v) is 6.52. The highest BCUT2D eigenvalue weighted by atomic mass is 16.1. The SMILES string of the molecule is CC1=Nc2cccc3cccc(c23)N1C(NC=O)NC=O. The number of benzene rings is 2. The van der Waals surface area contributed by atoms with Gasteiger partial charge in [-0.15, -0.1) is 0 Å². The van der Waals surface area contributed by atoms with Crippen LogP contribution in [0.4, 0.5) is 11.4 Å². The van der Waals surface area contributed by atoms with E-state index in [1.165, 1.54) is 0 Å². The summed E-state index contributed by atoms with van der Waals surface area (Å²) >= 11 is 0. The Morgan fingerprint density at radius 1 is 1.10 bits per heavy atom. The van der Waals surface area contributed by atoms with E-state index in [1.54, 1.807) is 4.90 Å². The molecule has 0 saturated carbocycles. The number of hydrogen-bond acceptors (Lipinski definition) is 4. The van der Waals surface area contributed by atoms with Crippen molar-refractivity contribution in [2.75, 3.05) is 4.90 Å². The monoisotopic (exact) mass is 282 g/mol. The molecule has 0 fully saturated rings. The second kappa shape index (κ2) is 5.24. The van der Waals surface area contributed by atoms with Crippen LogP contribution in [0.3, 0.4) is 0 Å². The van der Waals surface area contributed by atoms with Crippen molar-refractivity contribution in [1.29, 1.82) is 0 Å². The molecule has 0 spiro atoms. The molecule has 2 aromatic rings. The van der Waals surface area contributed by atoms with Crippen molar-refractivity contribution in [1.82, 2.24) is 10.6 Å². The summed E-state index contributed by atoms with van der Waals surface area (Å²) in [5.74, 6) is 0.690. The number of amidine groups is 1. The van der Waals surface area contributed by atoms with Gasteiger partial charge in [-0.25, -0.2) is 4.99 Å². The molecule has 6 heteroatoms. The first kappa shape index (κ1) is 13.1. The van der Waals surface area contributed by atoms with E-state index in [1.807, 2.05) is 43.3 Å². The van der Waals surface area contributed by atoms with E-state index in [0.29, 0.717) is 18.7 Å². The maximum Gasteiger partial charge on any atom is 0.210 e. The zero-order valence-corrected chi connectivity index (χ0v) is 11.4. The Kier molecular flexibility index (Phi) is 3.27. The summed E-state index contributed by atoms with van der Waals surface area (Å²) in [6, 6.07) is 11.8. The average Bonchev–Trinajstić information content (AvgIpc) is 2.48. The standard InChI is InChI=1S/C15H14N4O2/c1-10-18-12-6-2-4-11-5-3-7-13(14(11)12)19(10)15(16-8-20)17-9-21/h2-9,15H,1H3,(H,16,20)(H,17,21). The van der Waals surface area contributed by atoms with Gasteiger partial charge in [-0.2, -0.15) is 0 Å². The van der Waals surface area contributed by atoms with Crippen LogP contribution >= 0.6 is 0 Å². The molecule has 1 aliphatic rings. The number of rotatable bonds is 5. The Morgan fingerprint density at radius 3 is 2.43 bits per heavy atom. The average molecular weight is 282 g/mol. The van der Waals surface area contributed by atoms with Gasteiger partial charge in [0.05, 0.1) is 11.4 Å². The lowest BCUT2D eigenvalue weighted by Crippen LogP contribution is -2.56. The molecule has 2 amide bonds. The van der Waals surface area contributed by atoms with Crippen molar-refractivity contribution >= 4 is 40.8 Å². The van der Waals surface area contributed by atoms with Gasteiger partial charge in [0.1, 0.15) is 5.84 Å². The van der Waals surface area contributed by atoms with Crippen molar-refractivity contribution in [3.63, 3.8) is 0 Å². The fourth-order valence-corrected chi connectivity index (χ4v) is 2.65. The van der Waals surface area contributed by atoms with Crippen LogP contribution in [-0.4, -0.2) is 24.9 Å². The fraction of sp³-hybridized carbons (Fsp3) is 0.133. The molecular weight excluding hydrogens is 268 g/mol. The van der Waals surface area contributed by atoms with Crippen molar-refractivity contribution in [3.05, 3.63) is 36.4 Å². The molecule has 21 heavy (non-hydrogen) atoms. The van der Waals surface area contributed by atoms with Gasteiger partial charge in [0.2, 0.25) is 12.8 Å². The molecule has 0 radical (unpaired) electrons. The quantitative estimate of drug-likeness (QED) is 0.644. The maximum atomic E-state index is 10.8. The van der Waals surface area contributed by atoms with Gasteiger partial charge in [-0.3, -0.25) is 14.5 Å². The Balaban J connectivity index is 2.19. The van der Waals surface area contributed by atoms with Gasteiger partial charge in [-0.05, 0) is 24.4 Å². The number of anilines is 1. The van der Waals surface area contributed by atoms with Crippen LogP contribution in [0, 0.1) is 0 Å². The second-order valence-corrected chi connectivity index (χ2v) is 4.65. The maximum absolute atomic E-state index is 10.8. The van der Waals surface area contributed by atoms with Crippen LogP contribution in [0.2, 0.25) is 0 Å². The topological polar surface area (TPSA) is 73.8 Å². The van der Waals surface area contributed by atoms with Crippen LogP contribution < -0.4 is 15.5 Å². The van der Waals surface area contributed by atoms with Crippen LogP contribution in [0.5, 0.6) is 0 Å². The summed E-state index contributed by atoms with van der Waals surface area (Å²) in [4.78, 5) is 27.9. The Bertz CT molecular complexity index is 726. The lowest BCUT2D eigenvalue weighted by atomic mass is 10.0. The molecule has 2 aromatic carbocycles. The zero-order valence-electron chi connectivity index (χ0n) is 11.4. The van der Waals surface area contributed by atoms with Crippen LogP contribution in [0.25, 0.3) is 10.8 Å². The molecule has 0 unspecified atom stereocenters. The molecule has 106 valence electrons. The predicted octanol–water partition coefficient (Wildman–Crippen LogP) is 1.49. The Labute approximate surface area is 121 Å². The molecule has 0 aliphatic carbocycles. The third kappa shape index (κ3) is 2.10. The Morgan fingerprint density at radius 2 is 1.76 bits per heavy atom. The summed E-state index contributed by atoms with van der Waals surface area (Å²) < 4.78 is 0. The molecule has 0 aromatic heterocycles. The summed E-state index contributed by atoms with van der Waals surface area (Å²) in [7, 11) is 0. The van der Waals surface area contributed by atoms with E-state index in [9.17, 15) is 9.59 Å². The van der Waals surface area contributed by atoms with Gasteiger partial charge in [0.25, 0.3) is 0 Å². The zero-order chi connectivity index (χ0) is 14.8. The summed E-state index contributed by atoms with van der Waals surface area (Å²) in [5, 5.41) is 7.21. The lowest BCUT2D eigenvalue weighted by Gasteiger charge is -2.35. The molecule has 0 saturated heterocycles. The summed E-state index contributed by atoms with van der Waals surface area (Å²) in [6.07, 6.45) is 0.423. The van der Waals surface area contributed by atoms with Gasteiger partial charge in [-0.1, -0.05) is 24.3 Å². The number of nitrogens with zero attached hydrogens (tertiary/aromatic N) is 2. The highest BCUT2D eigenvalue weighted by Gasteiger charge is 2.26. The van der Waals surface area contributed by atoms with E-state index >= 15 is 0 Å². The van der Waals surface area contributed by atoms with Gasteiger partial charge in [0.15, 0.2) is 6.29 Å². The van der Waals surface area contributed by atoms with Gasteiger partial charge >= 0.3 is 0 Å². The number of aliphatic imine (C=N–C) groups is 1. The number of nitrogens with one attached hydrogen (secondary N) is 2. The highest BCUT2D eigenvalue weighted by molar-refractivity contribution is 6.14. The second-order valence-electron chi connectivity index (χ2n) is 4.65. The van der Waals surface area contributed by atoms with Crippen molar-refractivity contribution < 1.29 is 9.59 Å². The minimum Gasteiger partial charge on any atom is -0.321 e. The number of amides is 2. The first-order valence-electron chi connectivity index (χ1n) is 6.52. The van der Waals surface area contributed by atoms with Gasteiger partial charge < -0.3 is 10.6 Å². The first-order chi connectivity index (χ1) is 10.3. The summed E-state index contributed by atoms with van der Waals surface area (Å²) in [5.41, 5.74) is 1.78. The molecule has 1 heterocycles. The van der Waals surface area contributed by atoms with Crippen molar-refractivity contribution in [3.8, 4) is 0 Å². The number of carbonyl (C=O) groups is 2. The third-order valence-corrected chi connectivity index (χ3v) is 3.46. The van der Waals surface area contributed by atoms with E-state index in [4.69, 9.17) is 0 Å². The minimum absolute atomic E-state index is 0.551. The van der Waals surface area contributed by atoms with Crippen LogP contribution in [0.15, 0.2) is 41.4 Å². The summed E-state index contributed by atoms with van der Waals surface area (Å²) in [6.45, 7) is 1.83. The molecule has 6 nitrogen and oxygen atoms in total. The van der Waals surface area contributed by atoms with E-state index in [0.717, 1.165) is 22.1 Å². The normalized spacial score (nSPS) is 13.0. The van der Waals surface area contributed by atoms with Crippen molar-refractivity contribution in [2.24, 2.45) is 4.99 Å². The van der Waals surface area contributed by atoms with Crippen LogP contribution in [0.1, 0.15) is 6.92 Å².